The lowest BCUT2D eigenvalue weighted by molar-refractivity contribution is -0.137. The van der Waals surface area contributed by atoms with Gasteiger partial charge in [-0.1, -0.05) is 19.3 Å². The molecular formula is C14H17F4N. The van der Waals surface area contributed by atoms with Gasteiger partial charge in [0.15, 0.2) is 0 Å². The van der Waals surface area contributed by atoms with Crippen molar-refractivity contribution in [3.05, 3.63) is 35.1 Å². The van der Waals surface area contributed by atoms with Crippen LogP contribution in [0.25, 0.3) is 0 Å². The van der Waals surface area contributed by atoms with Crippen molar-refractivity contribution in [3.63, 3.8) is 0 Å². The van der Waals surface area contributed by atoms with Gasteiger partial charge >= 0.3 is 6.18 Å². The van der Waals surface area contributed by atoms with Gasteiger partial charge in [0.25, 0.3) is 0 Å². The minimum Gasteiger partial charge on any atom is -0.310 e. The Balaban J connectivity index is 2.02. The van der Waals surface area contributed by atoms with Crippen molar-refractivity contribution in [1.29, 1.82) is 0 Å². The molecule has 0 bridgehead atoms. The van der Waals surface area contributed by atoms with Crippen LogP contribution in [-0.4, -0.2) is 6.04 Å². The first-order valence-corrected chi connectivity index (χ1v) is 6.56. The van der Waals surface area contributed by atoms with E-state index < -0.39 is 17.6 Å². The van der Waals surface area contributed by atoms with E-state index in [1.54, 1.807) is 0 Å². The normalized spacial score (nSPS) is 17.7. The van der Waals surface area contributed by atoms with E-state index in [2.05, 4.69) is 5.32 Å². The Labute approximate surface area is 110 Å². The van der Waals surface area contributed by atoms with Crippen LogP contribution in [0.2, 0.25) is 0 Å². The van der Waals surface area contributed by atoms with E-state index in [1.807, 2.05) is 0 Å². The van der Waals surface area contributed by atoms with E-state index in [0.717, 1.165) is 43.9 Å². The molecule has 1 nitrogen and oxygen atoms in total. The molecule has 0 aliphatic heterocycles. The molecule has 1 saturated carbocycles. The van der Waals surface area contributed by atoms with Crippen LogP contribution in [0, 0.1) is 5.82 Å². The average molecular weight is 275 g/mol. The lowest BCUT2D eigenvalue weighted by Crippen LogP contribution is -2.30. The lowest BCUT2D eigenvalue weighted by Gasteiger charge is -2.23. The predicted octanol–water partition coefficient (Wildman–Crippen LogP) is 4.27. The predicted molar refractivity (Wildman–Crippen MR) is 65.1 cm³/mol. The fraction of sp³-hybridized carbons (Fsp3) is 0.571. The number of nitrogens with one attached hydrogen (secondary N) is 1. The summed E-state index contributed by atoms with van der Waals surface area (Å²) < 4.78 is 51.2. The first kappa shape index (κ1) is 14.3. The lowest BCUT2D eigenvalue weighted by atomic mass is 9.95. The molecule has 19 heavy (non-hydrogen) atoms. The zero-order valence-electron chi connectivity index (χ0n) is 10.6. The van der Waals surface area contributed by atoms with Gasteiger partial charge in [-0.3, -0.25) is 0 Å². The molecule has 1 aliphatic rings. The molecule has 106 valence electrons. The van der Waals surface area contributed by atoms with E-state index in [0.29, 0.717) is 6.04 Å². The first-order valence-electron chi connectivity index (χ1n) is 6.56. The van der Waals surface area contributed by atoms with Crippen LogP contribution in [0.5, 0.6) is 0 Å². The van der Waals surface area contributed by atoms with Crippen molar-refractivity contribution in [1.82, 2.24) is 5.32 Å². The highest BCUT2D eigenvalue weighted by atomic mass is 19.4. The summed E-state index contributed by atoms with van der Waals surface area (Å²) in [7, 11) is 0. The summed E-state index contributed by atoms with van der Waals surface area (Å²) in [6, 6.07) is 2.85. The number of benzene rings is 1. The fourth-order valence-corrected chi connectivity index (χ4v) is 2.45. The summed E-state index contributed by atoms with van der Waals surface area (Å²) >= 11 is 0. The Morgan fingerprint density at radius 1 is 1.11 bits per heavy atom. The van der Waals surface area contributed by atoms with Crippen molar-refractivity contribution in [2.75, 3.05) is 0 Å². The molecule has 0 saturated heterocycles. The van der Waals surface area contributed by atoms with Crippen LogP contribution in [-0.2, 0) is 12.7 Å². The molecule has 0 amide bonds. The maximum absolute atomic E-state index is 13.5. The van der Waals surface area contributed by atoms with Crippen LogP contribution in [0.1, 0.15) is 43.2 Å². The SMILES string of the molecule is Fc1ccc(C(F)(F)F)cc1CNC1CCCCC1. The quantitative estimate of drug-likeness (QED) is 0.812. The van der Waals surface area contributed by atoms with E-state index in [4.69, 9.17) is 0 Å². The monoisotopic (exact) mass is 275 g/mol. The van der Waals surface area contributed by atoms with Crippen LogP contribution in [0.4, 0.5) is 17.6 Å². The highest BCUT2D eigenvalue weighted by molar-refractivity contribution is 5.27. The summed E-state index contributed by atoms with van der Waals surface area (Å²) in [5, 5.41) is 3.15. The van der Waals surface area contributed by atoms with Crippen LogP contribution < -0.4 is 5.32 Å². The second kappa shape index (κ2) is 5.90. The minimum atomic E-state index is -4.42. The average Bonchev–Trinajstić information content (AvgIpc) is 2.37. The molecule has 0 spiro atoms. The van der Waals surface area contributed by atoms with Crippen molar-refractivity contribution in [2.45, 2.75) is 50.9 Å². The summed E-state index contributed by atoms with van der Waals surface area (Å²) in [5.41, 5.74) is -0.713. The summed E-state index contributed by atoms with van der Waals surface area (Å²) in [6.45, 7) is 0.153. The van der Waals surface area contributed by atoms with E-state index in [-0.39, 0.29) is 12.1 Å². The number of alkyl halides is 3. The molecule has 0 aromatic heterocycles. The number of rotatable bonds is 3. The molecule has 0 radical (unpaired) electrons. The smallest absolute Gasteiger partial charge is 0.310 e. The molecule has 1 N–H and O–H groups in total. The fourth-order valence-electron chi connectivity index (χ4n) is 2.45. The third-order valence-electron chi connectivity index (χ3n) is 3.56. The van der Waals surface area contributed by atoms with Gasteiger partial charge in [-0.25, -0.2) is 4.39 Å². The standard InChI is InChI=1S/C14H17F4N/c15-13-7-6-11(14(16,17)18)8-10(13)9-19-12-4-2-1-3-5-12/h6-8,12,19H,1-5,9H2. The third kappa shape index (κ3) is 3.93. The van der Waals surface area contributed by atoms with Gasteiger partial charge in [0.05, 0.1) is 5.56 Å². The molecule has 0 unspecified atom stereocenters. The largest absolute Gasteiger partial charge is 0.416 e. The van der Waals surface area contributed by atoms with E-state index in [9.17, 15) is 17.6 Å². The minimum absolute atomic E-state index is 0.0837. The van der Waals surface area contributed by atoms with Crippen molar-refractivity contribution >= 4 is 0 Å². The molecular weight excluding hydrogens is 258 g/mol. The van der Waals surface area contributed by atoms with E-state index in [1.165, 1.54) is 6.42 Å². The van der Waals surface area contributed by atoms with Crippen molar-refractivity contribution in [2.24, 2.45) is 0 Å². The van der Waals surface area contributed by atoms with Gasteiger partial charge in [0, 0.05) is 18.2 Å². The van der Waals surface area contributed by atoms with Crippen molar-refractivity contribution in [3.8, 4) is 0 Å². The maximum Gasteiger partial charge on any atom is 0.416 e. The van der Waals surface area contributed by atoms with Gasteiger partial charge in [0.2, 0.25) is 0 Å². The van der Waals surface area contributed by atoms with Crippen LogP contribution in [0.15, 0.2) is 18.2 Å². The zero-order valence-corrected chi connectivity index (χ0v) is 10.6. The molecule has 0 heterocycles. The molecule has 1 aromatic carbocycles. The third-order valence-corrected chi connectivity index (χ3v) is 3.56. The maximum atomic E-state index is 13.5. The molecule has 1 aliphatic carbocycles. The number of halogens is 4. The second-order valence-corrected chi connectivity index (χ2v) is 5.02. The van der Waals surface area contributed by atoms with E-state index >= 15 is 0 Å². The molecule has 5 heteroatoms. The molecule has 0 atom stereocenters. The van der Waals surface area contributed by atoms with Gasteiger partial charge in [-0.15, -0.1) is 0 Å². The van der Waals surface area contributed by atoms with Gasteiger partial charge in [-0.05, 0) is 31.0 Å². The van der Waals surface area contributed by atoms with Crippen LogP contribution in [0.3, 0.4) is 0 Å². The van der Waals surface area contributed by atoms with Gasteiger partial charge in [0.1, 0.15) is 5.82 Å². The number of hydrogen-bond donors (Lipinski definition) is 1. The Morgan fingerprint density at radius 2 is 1.79 bits per heavy atom. The van der Waals surface area contributed by atoms with Crippen molar-refractivity contribution < 1.29 is 17.6 Å². The Hall–Kier alpha value is -1.10. The van der Waals surface area contributed by atoms with Gasteiger partial charge in [-0.2, -0.15) is 13.2 Å². The Kier molecular flexibility index (Phi) is 4.45. The molecule has 1 aromatic rings. The van der Waals surface area contributed by atoms with Gasteiger partial charge < -0.3 is 5.32 Å². The molecule has 1 fully saturated rings. The topological polar surface area (TPSA) is 12.0 Å². The number of hydrogen-bond acceptors (Lipinski definition) is 1. The highest BCUT2D eigenvalue weighted by Crippen LogP contribution is 2.30. The summed E-state index contributed by atoms with van der Waals surface area (Å²) in [6.07, 6.45) is 1.07. The van der Waals surface area contributed by atoms with Crippen LogP contribution >= 0.6 is 0 Å². The first-order chi connectivity index (χ1) is 8.97. The second-order valence-electron chi connectivity index (χ2n) is 5.02. The molecule has 2 rings (SSSR count). The zero-order chi connectivity index (χ0) is 13.9. The Bertz CT molecular complexity index is 422. The summed E-state index contributed by atoms with van der Waals surface area (Å²) in [4.78, 5) is 0. The summed E-state index contributed by atoms with van der Waals surface area (Å²) in [5.74, 6) is -0.587. The highest BCUT2D eigenvalue weighted by Gasteiger charge is 2.31. The Morgan fingerprint density at radius 3 is 2.42 bits per heavy atom.